The van der Waals surface area contributed by atoms with Crippen LogP contribution in [0.25, 0.3) is 0 Å². The Kier molecular flexibility index (Phi) is 22.2. The lowest BCUT2D eigenvalue weighted by atomic mass is 10.2. The molecule has 136 valence electrons. The molecule has 0 saturated heterocycles. The first-order chi connectivity index (χ1) is 11.2. The van der Waals surface area contributed by atoms with Gasteiger partial charge in [-0.3, -0.25) is 0 Å². The van der Waals surface area contributed by atoms with Gasteiger partial charge in [0, 0.05) is 13.2 Å². The maximum absolute atomic E-state index is 8.29. The quantitative estimate of drug-likeness (QED) is 0.521. The summed E-state index contributed by atoms with van der Waals surface area (Å²) in [6.45, 7) is 5.32. The number of ether oxygens (including phenoxy) is 1. The van der Waals surface area contributed by atoms with Crippen LogP contribution in [0.2, 0.25) is 0 Å². The molecule has 0 amide bonds. The van der Waals surface area contributed by atoms with Crippen molar-refractivity contribution >= 4 is 0 Å². The third kappa shape index (κ3) is 21.0. The molecule has 0 aliphatic heterocycles. The van der Waals surface area contributed by atoms with Gasteiger partial charge in [0.25, 0.3) is 0 Å². The summed E-state index contributed by atoms with van der Waals surface area (Å²) in [5.74, 6) is 0. The molecule has 0 heterocycles. The summed E-state index contributed by atoms with van der Waals surface area (Å²) in [5, 5.41) is 32.3. The second-order valence-corrected chi connectivity index (χ2v) is 4.93. The van der Waals surface area contributed by atoms with E-state index in [2.05, 4.69) is 19.1 Å². The molecule has 23 heavy (non-hydrogen) atoms. The first kappa shape index (κ1) is 24.3. The molecule has 4 N–H and O–H groups in total. The fraction of sp³-hybridized carbons (Fsp3) is 0.667. The average molecular weight is 330 g/mol. The zero-order valence-corrected chi connectivity index (χ0v) is 14.5. The van der Waals surface area contributed by atoms with Crippen molar-refractivity contribution in [2.75, 3.05) is 26.4 Å². The van der Waals surface area contributed by atoms with E-state index in [-0.39, 0.29) is 13.2 Å². The summed E-state index contributed by atoms with van der Waals surface area (Å²) < 4.78 is 5.22. The standard InChI is InChI=1S/C9H12O.C6H14O.C3H8O3/c1-2-10-8-9-6-4-3-5-7-9;1-2-3-4-5-6-7;4-1-3(6)2-5/h3-7H,2,8H2,1H3;7H,2-6H2,1H3;3-6H,1-2H2. The van der Waals surface area contributed by atoms with E-state index in [9.17, 15) is 0 Å². The Morgan fingerprint density at radius 2 is 1.52 bits per heavy atom. The molecular formula is C18H34O5. The minimum atomic E-state index is -0.954. The molecule has 0 unspecified atom stereocenters. The molecule has 0 radical (unpaired) electrons. The normalized spacial score (nSPS) is 9.70. The van der Waals surface area contributed by atoms with Crippen LogP contribution in [0.15, 0.2) is 30.3 Å². The van der Waals surface area contributed by atoms with Crippen LogP contribution in [0, 0.1) is 0 Å². The van der Waals surface area contributed by atoms with Crippen LogP contribution in [0.1, 0.15) is 45.1 Å². The van der Waals surface area contributed by atoms with Crippen LogP contribution in [0.4, 0.5) is 0 Å². The Morgan fingerprint density at radius 1 is 0.913 bits per heavy atom. The lowest BCUT2D eigenvalue weighted by Crippen LogP contribution is -2.15. The van der Waals surface area contributed by atoms with Crippen LogP contribution < -0.4 is 0 Å². The molecule has 0 fully saturated rings. The van der Waals surface area contributed by atoms with Crippen molar-refractivity contribution in [3.63, 3.8) is 0 Å². The van der Waals surface area contributed by atoms with E-state index in [1.54, 1.807) is 0 Å². The van der Waals surface area contributed by atoms with Gasteiger partial charge >= 0.3 is 0 Å². The molecular weight excluding hydrogens is 296 g/mol. The molecule has 0 saturated carbocycles. The highest BCUT2D eigenvalue weighted by Gasteiger charge is 1.93. The number of aliphatic hydroxyl groups excluding tert-OH is 4. The van der Waals surface area contributed by atoms with E-state index in [4.69, 9.17) is 25.2 Å². The van der Waals surface area contributed by atoms with Gasteiger partial charge in [0.1, 0.15) is 6.10 Å². The van der Waals surface area contributed by atoms with Crippen molar-refractivity contribution in [1.29, 1.82) is 0 Å². The van der Waals surface area contributed by atoms with E-state index < -0.39 is 6.10 Å². The monoisotopic (exact) mass is 330 g/mol. The van der Waals surface area contributed by atoms with Crippen LogP contribution in [-0.4, -0.2) is 53.0 Å². The third-order valence-electron chi connectivity index (χ3n) is 2.75. The Labute approximate surface area is 140 Å². The molecule has 1 aromatic rings. The Morgan fingerprint density at radius 3 is 1.91 bits per heavy atom. The fourth-order valence-corrected chi connectivity index (χ4v) is 1.39. The SMILES string of the molecule is CCCCCCO.CCOCc1ccccc1.OCC(O)CO. The molecule has 0 atom stereocenters. The molecule has 1 aromatic carbocycles. The number of benzene rings is 1. The molecule has 5 nitrogen and oxygen atoms in total. The van der Waals surface area contributed by atoms with Gasteiger partial charge in [0.05, 0.1) is 19.8 Å². The molecule has 5 heteroatoms. The first-order valence-corrected chi connectivity index (χ1v) is 8.28. The number of rotatable bonds is 9. The molecule has 0 aliphatic rings. The molecule has 0 spiro atoms. The predicted molar refractivity (Wildman–Crippen MR) is 93.2 cm³/mol. The van der Waals surface area contributed by atoms with E-state index in [1.165, 1.54) is 24.8 Å². The minimum Gasteiger partial charge on any atom is -0.396 e. The van der Waals surface area contributed by atoms with Gasteiger partial charge in [-0.05, 0) is 18.9 Å². The number of aliphatic hydroxyl groups is 4. The summed E-state index contributed by atoms with van der Waals surface area (Å²) >= 11 is 0. The summed E-state index contributed by atoms with van der Waals surface area (Å²) in [7, 11) is 0. The van der Waals surface area contributed by atoms with Gasteiger partial charge in [-0.25, -0.2) is 0 Å². The lowest BCUT2D eigenvalue weighted by Gasteiger charge is -1.98. The second kappa shape index (κ2) is 21.0. The number of unbranched alkanes of at least 4 members (excludes halogenated alkanes) is 3. The zero-order chi connectivity index (χ0) is 17.8. The molecule has 1 rings (SSSR count). The fourth-order valence-electron chi connectivity index (χ4n) is 1.39. The predicted octanol–water partition coefficient (Wildman–Crippen LogP) is 2.11. The number of hydrogen-bond acceptors (Lipinski definition) is 5. The van der Waals surface area contributed by atoms with Crippen LogP contribution in [0.3, 0.4) is 0 Å². The van der Waals surface area contributed by atoms with Crippen molar-refractivity contribution in [2.45, 2.75) is 52.2 Å². The van der Waals surface area contributed by atoms with Gasteiger partial charge in [0.15, 0.2) is 0 Å². The highest BCUT2D eigenvalue weighted by molar-refractivity contribution is 5.13. The van der Waals surface area contributed by atoms with Gasteiger partial charge in [-0.1, -0.05) is 56.5 Å². The van der Waals surface area contributed by atoms with Crippen molar-refractivity contribution in [3.05, 3.63) is 35.9 Å². The van der Waals surface area contributed by atoms with Crippen molar-refractivity contribution in [3.8, 4) is 0 Å². The Bertz CT molecular complexity index is 298. The highest BCUT2D eigenvalue weighted by atomic mass is 16.5. The van der Waals surface area contributed by atoms with E-state index in [0.29, 0.717) is 6.61 Å². The van der Waals surface area contributed by atoms with Gasteiger partial charge in [0.2, 0.25) is 0 Å². The smallest absolute Gasteiger partial charge is 0.100 e. The Hall–Kier alpha value is -0.980. The number of hydrogen-bond donors (Lipinski definition) is 4. The van der Waals surface area contributed by atoms with Crippen molar-refractivity contribution < 1.29 is 25.2 Å². The first-order valence-electron chi connectivity index (χ1n) is 8.28. The minimum absolute atomic E-state index is 0.361. The van der Waals surface area contributed by atoms with Crippen molar-refractivity contribution in [2.24, 2.45) is 0 Å². The summed E-state index contributed by atoms with van der Waals surface area (Å²) in [4.78, 5) is 0. The van der Waals surface area contributed by atoms with Crippen molar-refractivity contribution in [1.82, 2.24) is 0 Å². The maximum Gasteiger partial charge on any atom is 0.100 e. The average Bonchev–Trinajstić information content (AvgIpc) is 2.61. The summed E-state index contributed by atoms with van der Waals surface area (Å²) in [5.41, 5.74) is 1.24. The maximum atomic E-state index is 8.29. The van der Waals surface area contributed by atoms with E-state index >= 15 is 0 Å². The molecule has 0 aliphatic carbocycles. The molecule has 0 bridgehead atoms. The second-order valence-electron chi connectivity index (χ2n) is 4.93. The largest absolute Gasteiger partial charge is 0.396 e. The topological polar surface area (TPSA) is 90.2 Å². The summed E-state index contributed by atoms with van der Waals surface area (Å²) in [6.07, 6.45) is 3.73. The van der Waals surface area contributed by atoms with Crippen LogP contribution >= 0.6 is 0 Å². The zero-order valence-electron chi connectivity index (χ0n) is 14.5. The van der Waals surface area contributed by atoms with Crippen LogP contribution in [0.5, 0.6) is 0 Å². The van der Waals surface area contributed by atoms with Gasteiger partial charge in [-0.15, -0.1) is 0 Å². The Balaban J connectivity index is 0. The van der Waals surface area contributed by atoms with Gasteiger partial charge in [-0.2, -0.15) is 0 Å². The molecule has 0 aromatic heterocycles. The summed E-state index contributed by atoms with van der Waals surface area (Å²) in [6, 6.07) is 10.2. The van der Waals surface area contributed by atoms with E-state index in [0.717, 1.165) is 19.6 Å². The third-order valence-corrected chi connectivity index (χ3v) is 2.75. The van der Waals surface area contributed by atoms with Crippen LogP contribution in [-0.2, 0) is 11.3 Å². The van der Waals surface area contributed by atoms with Gasteiger partial charge < -0.3 is 25.2 Å². The lowest BCUT2D eigenvalue weighted by molar-refractivity contribution is 0.0450. The van der Waals surface area contributed by atoms with E-state index in [1.807, 2.05) is 25.1 Å². The highest BCUT2D eigenvalue weighted by Crippen LogP contribution is 1.99.